The molecular weight excluding hydrogens is 1160 g/mol. The molecule has 0 unspecified atom stereocenters. The molecule has 10 atom stereocenters. The largest absolute Gasteiger partial charge is 0.449 e. The van der Waals surface area contributed by atoms with Crippen LogP contribution in [0.25, 0.3) is 22.0 Å². The Morgan fingerprint density at radius 1 is 0.545 bits per heavy atom. The van der Waals surface area contributed by atoms with Crippen LogP contribution >= 0.6 is 25.3 Å². The van der Waals surface area contributed by atoms with Crippen molar-refractivity contribution in [1.29, 1.82) is 0 Å². The minimum Gasteiger partial charge on any atom is -0.449 e. The first-order chi connectivity index (χ1) is 42.4. The molecule has 0 aliphatic heterocycles. The zero-order valence-electron chi connectivity index (χ0n) is 48.9. The molecular formula is C64H78N10O12S2. The zero-order valence-corrected chi connectivity index (χ0v) is 50.7. The van der Waals surface area contributed by atoms with E-state index in [1.54, 1.807) is 42.6 Å². The number of aliphatic hydroxyl groups excluding tert-OH is 3. The maximum Gasteiger partial charge on any atom is 0.407 e. The molecule has 0 bridgehead atoms. The number of alkyl carbamates (subject to hydrolysis) is 1. The normalized spacial score (nSPS) is 15.2. The average molecular weight is 1240 g/mol. The lowest BCUT2D eigenvalue weighted by atomic mass is 9.98. The van der Waals surface area contributed by atoms with Gasteiger partial charge >= 0.3 is 6.09 Å². The lowest BCUT2D eigenvalue weighted by Crippen LogP contribution is -2.62. The Labute approximate surface area is 521 Å². The van der Waals surface area contributed by atoms with Crippen molar-refractivity contribution < 1.29 is 58.4 Å². The second-order valence-electron chi connectivity index (χ2n) is 21.7. The standard InChI is InChI=1S/C64H78N10O12S2/c1-37(76)53(33-75)71-62(83)55(36-88)73-63(84)56(38(2)77)74-58(79)50(27-15-16-28-66-64(85)86-34-47-45-24-11-9-22-43(45)44-23-10-12-25-46(44)47)68-60(81)52(31-41-32-67-49-26-14-13-21-42(41)49)70-59(80)51(30-40-19-7-4-8-20-40)69-61(82)54(35-87)72-57(78)48(65)29-39-17-5-3-6-18-39/h3-14,17-26,32,37-38,47-48,50-56,67,75-77,87-88H,15-16,27-31,33-36,65H2,1-2H3,(H,66,85)(H,68,81)(H,69,82)(H,70,80)(H,71,83)(H,72,78)(H,73,84)(H,74,79)/t37-,38-,48-,50+,51+,52-,53-,54+,55+,56+/m1/s1. The van der Waals surface area contributed by atoms with Gasteiger partial charge in [0.15, 0.2) is 0 Å². The third-order valence-corrected chi connectivity index (χ3v) is 16.0. The number of H-pyrrole nitrogens is 1. The number of carbonyl (C=O) groups is 8. The molecule has 1 aliphatic rings. The fourth-order valence-corrected chi connectivity index (χ4v) is 10.9. The van der Waals surface area contributed by atoms with E-state index in [0.717, 1.165) is 38.7 Å². The van der Waals surface area contributed by atoms with Crippen molar-refractivity contribution >= 4 is 83.6 Å². The number of benzene rings is 5. The summed E-state index contributed by atoms with van der Waals surface area (Å²) in [7, 11) is 0. The molecule has 0 fully saturated rings. The summed E-state index contributed by atoms with van der Waals surface area (Å²) in [6, 6.07) is 30.2. The molecule has 1 heterocycles. The van der Waals surface area contributed by atoms with Gasteiger partial charge in [-0.05, 0) is 84.5 Å². The number of aromatic amines is 1. The molecule has 6 aromatic rings. The van der Waals surface area contributed by atoms with Gasteiger partial charge in [0, 0.05) is 53.9 Å². The van der Waals surface area contributed by atoms with Crippen LogP contribution in [-0.2, 0) is 57.6 Å². The van der Waals surface area contributed by atoms with Crippen LogP contribution < -0.4 is 48.3 Å². The number of hydrogen-bond acceptors (Lipinski definition) is 15. The van der Waals surface area contributed by atoms with Gasteiger partial charge in [-0.1, -0.05) is 127 Å². The molecule has 1 aliphatic carbocycles. The molecule has 24 heteroatoms. The lowest BCUT2D eigenvalue weighted by Gasteiger charge is -2.29. The lowest BCUT2D eigenvalue weighted by molar-refractivity contribution is -0.136. The molecule has 0 saturated carbocycles. The van der Waals surface area contributed by atoms with E-state index in [-0.39, 0.29) is 69.1 Å². The van der Waals surface area contributed by atoms with Crippen molar-refractivity contribution in [2.24, 2.45) is 5.73 Å². The highest BCUT2D eigenvalue weighted by atomic mass is 32.1. The molecule has 88 heavy (non-hydrogen) atoms. The van der Waals surface area contributed by atoms with Gasteiger partial charge in [0.25, 0.3) is 0 Å². The van der Waals surface area contributed by atoms with E-state index in [2.05, 4.69) is 72.8 Å². The van der Waals surface area contributed by atoms with Crippen LogP contribution in [0, 0.1) is 0 Å². The quantitative estimate of drug-likeness (QED) is 0.0213. The van der Waals surface area contributed by atoms with E-state index in [1.807, 2.05) is 97.1 Å². The van der Waals surface area contributed by atoms with Crippen molar-refractivity contribution in [3.05, 3.63) is 167 Å². The highest BCUT2D eigenvalue weighted by Gasteiger charge is 2.36. The molecule has 0 spiro atoms. The number of unbranched alkanes of at least 4 members (excludes halogenated alkanes) is 1. The Morgan fingerprint density at radius 3 is 1.61 bits per heavy atom. The van der Waals surface area contributed by atoms with E-state index in [9.17, 15) is 48.9 Å². The molecule has 8 amide bonds. The number of thiol groups is 2. The predicted octanol–water partition coefficient (Wildman–Crippen LogP) is 2.24. The van der Waals surface area contributed by atoms with E-state index in [4.69, 9.17) is 10.5 Å². The Balaban J connectivity index is 1.10. The zero-order chi connectivity index (χ0) is 63.3. The second-order valence-corrected chi connectivity index (χ2v) is 22.5. The van der Waals surface area contributed by atoms with Crippen molar-refractivity contribution in [1.82, 2.24) is 47.5 Å². The number of rotatable bonds is 32. The highest BCUT2D eigenvalue weighted by molar-refractivity contribution is 7.80. The topological polar surface area (TPSA) is 345 Å². The SMILES string of the molecule is C[C@@H](O)[C@H](NC(=O)[C@H](CCCCNC(=O)OCC1c2ccccc2-c2ccccc21)NC(=O)[C@@H](Cc1c[nH]c2ccccc12)NC(=O)[C@H](Cc1ccccc1)NC(=O)[C@H](CS)NC(=O)[C@H](N)Cc1ccccc1)C(=O)N[C@@H](CS)C(=O)N[C@H](CO)[C@@H](C)O. The van der Waals surface area contributed by atoms with Crippen LogP contribution in [0.3, 0.4) is 0 Å². The second kappa shape index (κ2) is 33.2. The number of aliphatic hydroxyl groups is 3. The van der Waals surface area contributed by atoms with Crippen molar-refractivity contribution in [2.75, 3.05) is 31.3 Å². The Morgan fingerprint density at radius 2 is 1.03 bits per heavy atom. The Bertz CT molecular complexity index is 3290. The molecule has 1 aromatic heterocycles. The fraction of sp³-hybridized carbons (Fsp3) is 0.375. The molecule has 14 N–H and O–H groups in total. The maximum atomic E-state index is 15.1. The van der Waals surface area contributed by atoms with Gasteiger partial charge in [0.2, 0.25) is 41.4 Å². The van der Waals surface area contributed by atoms with E-state index in [1.165, 1.54) is 13.8 Å². The molecule has 5 aromatic carbocycles. The van der Waals surface area contributed by atoms with Crippen molar-refractivity contribution in [3.8, 4) is 11.1 Å². The minimum atomic E-state index is -1.72. The average Bonchev–Trinajstić information content (AvgIpc) is 4.08. The Hall–Kier alpha value is -8.26. The van der Waals surface area contributed by atoms with Gasteiger partial charge in [0.05, 0.1) is 30.9 Å². The first-order valence-corrected chi connectivity index (χ1v) is 30.4. The number of fused-ring (bicyclic) bond motifs is 4. The fourth-order valence-electron chi connectivity index (χ4n) is 10.3. The van der Waals surface area contributed by atoms with Crippen LogP contribution in [0.5, 0.6) is 0 Å². The van der Waals surface area contributed by atoms with Crippen LogP contribution in [-0.4, -0.2) is 160 Å². The number of nitrogens with two attached hydrogens (primary N) is 1. The number of amides is 8. The number of para-hydroxylation sites is 1. The molecule has 468 valence electrons. The summed E-state index contributed by atoms with van der Waals surface area (Å²) in [5.74, 6) is -6.47. The maximum absolute atomic E-state index is 15.1. The number of ether oxygens (including phenoxy) is 1. The van der Waals surface area contributed by atoms with Gasteiger partial charge in [-0.2, -0.15) is 25.3 Å². The van der Waals surface area contributed by atoms with Crippen LogP contribution in [0.2, 0.25) is 0 Å². The smallest absolute Gasteiger partial charge is 0.407 e. The van der Waals surface area contributed by atoms with Gasteiger partial charge in [-0.3, -0.25) is 33.6 Å². The van der Waals surface area contributed by atoms with Crippen LogP contribution in [0.1, 0.15) is 66.8 Å². The summed E-state index contributed by atoms with van der Waals surface area (Å²) in [5, 5.41) is 52.6. The molecule has 0 radical (unpaired) electrons. The summed E-state index contributed by atoms with van der Waals surface area (Å²) in [6.45, 7) is 2.11. The molecule has 0 saturated heterocycles. The number of hydrogen-bond donors (Lipinski definition) is 15. The van der Waals surface area contributed by atoms with Crippen LogP contribution in [0.4, 0.5) is 4.79 Å². The van der Waals surface area contributed by atoms with E-state index in [0.29, 0.717) is 11.1 Å². The van der Waals surface area contributed by atoms with Crippen molar-refractivity contribution in [2.45, 2.75) is 119 Å². The van der Waals surface area contributed by atoms with E-state index >= 15 is 4.79 Å². The Kier molecular flexibility index (Phi) is 25.4. The molecule has 7 rings (SSSR count). The number of aromatic nitrogens is 1. The first kappa shape index (κ1) is 67.3. The summed E-state index contributed by atoms with van der Waals surface area (Å²) >= 11 is 8.55. The minimum absolute atomic E-state index is 0.0726. The summed E-state index contributed by atoms with van der Waals surface area (Å²) < 4.78 is 5.72. The summed E-state index contributed by atoms with van der Waals surface area (Å²) in [5.41, 5.74) is 13.2. The predicted molar refractivity (Wildman–Crippen MR) is 339 cm³/mol. The van der Waals surface area contributed by atoms with Crippen molar-refractivity contribution in [3.63, 3.8) is 0 Å². The van der Waals surface area contributed by atoms with Gasteiger partial charge in [0.1, 0.15) is 42.9 Å². The summed E-state index contributed by atoms with van der Waals surface area (Å²) in [4.78, 5) is 115. The summed E-state index contributed by atoms with van der Waals surface area (Å²) in [6.07, 6.45) is -1.47. The van der Waals surface area contributed by atoms with Crippen LogP contribution in [0.15, 0.2) is 140 Å². The third-order valence-electron chi connectivity index (χ3n) is 15.2. The van der Waals surface area contributed by atoms with Gasteiger partial charge in [-0.25, -0.2) is 4.79 Å². The monoisotopic (exact) mass is 1240 g/mol. The third kappa shape index (κ3) is 18.6. The van der Waals surface area contributed by atoms with Gasteiger partial charge in [-0.15, -0.1) is 0 Å². The highest BCUT2D eigenvalue weighted by Crippen LogP contribution is 2.44. The first-order valence-electron chi connectivity index (χ1n) is 29.2. The van der Waals surface area contributed by atoms with E-state index < -0.39 is 115 Å². The number of carbonyl (C=O) groups excluding carboxylic acids is 8. The van der Waals surface area contributed by atoms with Gasteiger partial charge < -0.3 is 73.3 Å². The molecule has 22 nitrogen and oxygen atoms in total. The number of nitrogens with one attached hydrogen (secondary N) is 9.